The number of ether oxygens (including phenoxy) is 1. The molecule has 9 heteroatoms. The normalized spacial score (nSPS) is 9.50. The lowest BCUT2D eigenvalue weighted by Crippen LogP contribution is -2.42. The fraction of sp³-hybridized carbons (Fsp3) is 0.615. The summed E-state index contributed by atoms with van der Waals surface area (Å²) in [5.74, 6) is -1.64. The SMILES string of the molecule is COC(=O)CCCCC(=O)NCC(=O)NCC(=O)NCC=O. The molecule has 9 nitrogen and oxygen atoms in total. The van der Waals surface area contributed by atoms with Gasteiger partial charge < -0.3 is 25.5 Å². The van der Waals surface area contributed by atoms with Crippen molar-refractivity contribution in [3.63, 3.8) is 0 Å². The molecule has 0 aliphatic rings. The second-order valence-electron chi connectivity index (χ2n) is 4.31. The van der Waals surface area contributed by atoms with E-state index in [9.17, 15) is 24.0 Å². The van der Waals surface area contributed by atoms with Crippen LogP contribution in [0.2, 0.25) is 0 Å². The number of hydrogen-bond donors (Lipinski definition) is 3. The third kappa shape index (κ3) is 11.4. The van der Waals surface area contributed by atoms with Crippen molar-refractivity contribution in [1.82, 2.24) is 16.0 Å². The van der Waals surface area contributed by atoms with Crippen LogP contribution in [0, 0.1) is 0 Å². The standard InChI is InChI=1S/C13H21N3O6/c1-22-13(21)5-3-2-4-10(18)15-9-12(20)16-8-11(19)14-6-7-17/h7H,2-6,8-9H2,1H3,(H,14,19)(H,15,18)(H,16,20). The predicted octanol–water partition coefficient (Wildman–Crippen LogP) is -1.73. The first kappa shape index (κ1) is 19.6. The molecule has 124 valence electrons. The molecule has 0 unspecified atom stereocenters. The number of amides is 3. The van der Waals surface area contributed by atoms with Crippen LogP contribution in [0.5, 0.6) is 0 Å². The van der Waals surface area contributed by atoms with Crippen molar-refractivity contribution in [2.75, 3.05) is 26.7 Å². The molecule has 3 amide bonds. The zero-order valence-electron chi connectivity index (χ0n) is 12.5. The maximum atomic E-state index is 11.4. The van der Waals surface area contributed by atoms with E-state index in [1.165, 1.54) is 7.11 Å². The fourth-order valence-electron chi connectivity index (χ4n) is 1.38. The Bertz CT molecular complexity index is 411. The predicted molar refractivity (Wildman–Crippen MR) is 75.6 cm³/mol. The Morgan fingerprint density at radius 3 is 2.00 bits per heavy atom. The highest BCUT2D eigenvalue weighted by Gasteiger charge is 2.08. The van der Waals surface area contributed by atoms with Crippen molar-refractivity contribution >= 4 is 30.0 Å². The van der Waals surface area contributed by atoms with Crippen LogP contribution < -0.4 is 16.0 Å². The minimum absolute atomic E-state index is 0.114. The number of carbonyl (C=O) groups is 5. The lowest BCUT2D eigenvalue weighted by molar-refractivity contribution is -0.140. The molecule has 0 saturated heterocycles. The van der Waals surface area contributed by atoms with Gasteiger partial charge in [0.15, 0.2) is 0 Å². The first-order chi connectivity index (χ1) is 10.5. The van der Waals surface area contributed by atoms with Crippen molar-refractivity contribution in [3.05, 3.63) is 0 Å². The van der Waals surface area contributed by atoms with Gasteiger partial charge in [0.05, 0.1) is 26.7 Å². The molecule has 0 atom stereocenters. The number of unbranched alkanes of at least 4 members (excludes halogenated alkanes) is 1. The number of rotatable bonds is 11. The number of esters is 1. The number of hydrogen-bond acceptors (Lipinski definition) is 6. The van der Waals surface area contributed by atoms with E-state index in [4.69, 9.17) is 0 Å². The van der Waals surface area contributed by atoms with Gasteiger partial charge >= 0.3 is 5.97 Å². The molecule has 0 radical (unpaired) electrons. The van der Waals surface area contributed by atoms with Gasteiger partial charge in [0, 0.05) is 12.8 Å². The summed E-state index contributed by atoms with van der Waals surface area (Å²) in [4.78, 5) is 54.7. The van der Waals surface area contributed by atoms with Gasteiger partial charge in [-0.1, -0.05) is 0 Å². The van der Waals surface area contributed by atoms with E-state index in [1.807, 2.05) is 0 Å². The van der Waals surface area contributed by atoms with Crippen molar-refractivity contribution < 1.29 is 28.7 Å². The quantitative estimate of drug-likeness (QED) is 0.236. The maximum Gasteiger partial charge on any atom is 0.305 e. The van der Waals surface area contributed by atoms with Gasteiger partial charge in [0.2, 0.25) is 17.7 Å². The van der Waals surface area contributed by atoms with Gasteiger partial charge in [0.25, 0.3) is 0 Å². The van der Waals surface area contributed by atoms with Crippen LogP contribution >= 0.6 is 0 Å². The lowest BCUT2D eigenvalue weighted by Gasteiger charge is -2.06. The molecular weight excluding hydrogens is 294 g/mol. The highest BCUT2D eigenvalue weighted by atomic mass is 16.5. The maximum absolute atomic E-state index is 11.4. The van der Waals surface area contributed by atoms with E-state index >= 15 is 0 Å². The van der Waals surface area contributed by atoms with Gasteiger partial charge in [-0.05, 0) is 12.8 Å². The summed E-state index contributed by atoms with van der Waals surface area (Å²) in [6, 6.07) is 0. The Morgan fingerprint density at radius 1 is 0.864 bits per heavy atom. The topological polar surface area (TPSA) is 131 Å². The zero-order valence-corrected chi connectivity index (χ0v) is 12.5. The number of nitrogens with one attached hydrogen (secondary N) is 3. The summed E-state index contributed by atoms with van der Waals surface area (Å²) < 4.78 is 4.46. The van der Waals surface area contributed by atoms with Crippen molar-refractivity contribution in [2.45, 2.75) is 25.7 Å². The average Bonchev–Trinajstić information content (AvgIpc) is 2.52. The van der Waals surface area contributed by atoms with E-state index in [0.29, 0.717) is 19.1 Å². The summed E-state index contributed by atoms with van der Waals surface area (Å²) in [6.45, 7) is -0.616. The molecule has 0 aromatic rings. The Hall–Kier alpha value is -2.45. The molecule has 0 rings (SSSR count). The molecule has 22 heavy (non-hydrogen) atoms. The smallest absolute Gasteiger partial charge is 0.305 e. The van der Waals surface area contributed by atoms with Gasteiger partial charge in [-0.15, -0.1) is 0 Å². The molecule has 0 aliphatic heterocycles. The summed E-state index contributed by atoms with van der Waals surface area (Å²) >= 11 is 0. The third-order valence-corrected chi connectivity index (χ3v) is 2.54. The van der Waals surface area contributed by atoms with Crippen LogP contribution in [0.3, 0.4) is 0 Å². The van der Waals surface area contributed by atoms with Crippen molar-refractivity contribution in [1.29, 1.82) is 0 Å². The molecular formula is C13H21N3O6. The van der Waals surface area contributed by atoms with Crippen LogP contribution in [0.4, 0.5) is 0 Å². The van der Waals surface area contributed by atoms with Gasteiger partial charge in [-0.25, -0.2) is 0 Å². The van der Waals surface area contributed by atoms with Crippen molar-refractivity contribution in [2.24, 2.45) is 0 Å². The van der Waals surface area contributed by atoms with Crippen LogP contribution in [-0.4, -0.2) is 56.7 Å². The highest BCUT2D eigenvalue weighted by molar-refractivity contribution is 5.88. The second kappa shape index (κ2) is 12.3. The first-order valence-corrected chi connectivity index (χ1v) is 6.80. The molecule has 0 aromatic carbocycles. The summed E-state index contributed by atoms with van der Waals surface area (Å²) in [7, 11) is 1.30. The van der Waals surface area contributed by atoms with Crippen LogP contribution in [0.25, 0.3) is 0 Å². The number of methoxy groups -OCH3 is 1. The Morgan fingerprint density at radius 2 is 1.41 bits per heavy atom. The van der Waals surface area contributed by atoms with E-state index in [-0.39, 0.29) is 44.4 Å². The molecule has 0 spiro atoms. The summed E-state index contributed by atoms with van der Waals surface area (Å²) in [5, 5.41) is 6.94. The minimum atomic E-state index is -0.510. The lowest BCUT2D eigenvalue weighted by atomic mass is 10.2. The molecule has 0 fully saturated rings. The van der Waals surface area contributed by atoms with E-state index in [0.717, 1.165) is 0 Å². The van der Waals surface area contributed by atoms with E-state index in [2.05, 4.69) is 20.7 Å². The Kier molecular flexibility index (Phi) is 10.9. The van der Waals surface area contributed by atoms with E-state index in [1.54, 1.807) is 0 Å². The molecule has 0 aromatic heterocycles. The summed E-state index contributed by atoms with van der Waals surface area (Å²) in [5.41, 5.74) is 0. The molecule has 3 N–H and O–H groups in total. The van der Waals surface area contributed by atoms with Gasteiger partial charge in [-0.3, -0.25) is 19.2 Å². The summed E-state index contributed by atoms with van der Waals surface area (Å²) in [6.07, 6.45) is 2.02. The number of carbonyl (C=O) groups excluding carboxylic acids is 5. The zero-order chi connectivity index (χ0) is 16.8. The Labute approximate surface area is 128 Å². The van der Waals surface area contributed by atoms with E-state index < -0.39 is 11.8 Å². The third-order valence-electron chi connectivity index (χ3n) is 2.54. The van der Waals surface area contributed by atoms with Crippen molar-refractivity contribution in [3.8, 4) is 0 Å². The van der Waals surface area contributed by atoms with Crippen LogP contribution in [-0.2, 0) is 28.7 Å². The average molecular weight is 315 g/mol. The molecule has 0 aliphatic carbocycles. The molecule has 0 saturated carbocycles. The monoisotopic (exact) mass is 315 g/mol. The first-order valence-electron chi connectivity index (χ1n) is 6.80. The second-order valence-corrected chi connectivity index (χ2v) is 4.31. The van der Waals surface area contributed by atoms with Crippen LogP contribution in [0.15, 0.2) is 0 Å². The largest absolute Gasteiger partial charge is 0.469 e. The number of aldehydes is 1. The molecule has 0 heterocycles. The molecule has 0 bridgehead atoms. The van der Waals surface area contributed by atoms with Crippen LogP contribution in [0.1, 0.15) is 25.7 Å². The fourth-order valence-corrected chi connectivity index (χ4v) is 1.38. The Balaban J connectivity index is 3.64. The van der Waals surface area contributed by atoms with Gasteiger partial charge in [0.1, 0.15) is 6.29 Å². The highest BCUT2D eigenvalue weighted by Crippen LogP contribution is 2.00. The van der Waals surface area contributed by atoms with Gasteiger partial charge in [-0.2, -0.15) is 0 Å². The minimum Gasteiger partial charge on any atom is -0.469 e.